The van der Waals surface area contributed by atoms with Gasteiger partial charge in [0, 0.05) is 8.76 Å². The van der Waals surface area contributed by atoms with Gasteiger partial charge in [-0.25, -0.2) is 0 Å². The van der Waals surface area contributed by atoms with E-state index >= 15 is 0 Å². The predicted octanol–water partition coefficient (Wildman–Crippen LogP) is 10.3. The van der Waals surface area contributed by atoms with Crippen molar-refractivity contribution in [3.63, 3.8) is 0 Å². The molecule has 0 amide bonds. The minimum atomic E-state index is -0.835. The third kappa shape index (κ3) is 5.04. The molecule has 2 aliphatic heterocycles. The van der Waals surface area contributed by atoms with Gasteiger partial charge in [0.25, 0.3) is 0 Å². The van der Waals surface area contributed by atoms with Crippen molar-refractivity contribution in [3.05, 3.63) is 127 Å². The Morgan fingerprint density at radius 1 is 0.440 bits per heavy atom. The summed E-state index contributed by atoms with van der Waals surface area (Å²) in [5.41, 5.74) is 11.8. The van der Waals surface area contributed by atoms with Gasteiger partial charge in [0.15, 0.2) is 0 Å². The Bertz CT molecular complexity index is 2290. The molecule has 2 heterocycles. The summed E-state index contributed by atoms with van der Waals surface area (Å²) in [5, 5.41) is 31.0. The van der Waals surface area contributed by atoms with Crippen molar-refractivity contribution in [1.82, 2.24) is 0 Å². The van der Waals surface area contributed by atoms with Crippen molar-refractivity contribution in [2.24, 2.45) is 0 Å². The Morgan fingerprint density at radius 3 is 1.14 bits per heavy atom. The molecule has 0 spiro atoms. The Morgan fingerprint density at radius 2 is 0.800 bits per heavy atom. The molecule has 0 saturated carbocycles. The standard InChI is InChI=1S/C44H42B2Br2O2/c1-42(2,3)27-14-10-23(11-15-27)35-30-22-31-36(24-12-16-28(17-13-24)43(4,5)6)41(48)46(50)33-21-26-19-29(44(7,8)9)18-25-20-32(45(49)40(35)47)37(30)39(34(25)26)38(31)33/h10-22,49-50H,1-9H3. The molecule has 0 unspecified atom stereocenters. The van der Waals surface area contributed by atoms with E-state index in [9.17, 15) is 10.0 Å². The van der Waals surface area contributed by atoms with Crippen LogP contribution >= 0.6 is 31.9 Å². The van der Waals surface area contributed by atoms with Crippen LogP contribution in [0.4, 0.5) is 0 Å². The number of rotatable bonds is 2. The van der Waals surface area contributed by atoms with E-state index in [4.69, 9.17) is 0 Å². The van der Waals surface area contributed by atoms with Crippen molar-refractivity contribution >= 4 is 100 Å². The third-order valence-electron chi connectivity index (χ3n) is 11.0. The van der Waals surface area contributed by atoms with E-state index in [-0.39, 0.29) is 16.2 Å². The highest BCUT2D eigenvalue weighted by atomic mass is 79.9. The van der Waals surface area contributed by atoms with Gasteiger partial charge in [0.1, 0.15) is 0 Å². The smallest absolute Gasteiger partial charge is 0.367 e. The molecule has 0 aliphatic carbocycles. The summed E-state index contributed by atoms with van der Waals surface area (Å²) in [6, 6.07) is 29.0. The van der Waals surface area contributed by atoms with Crippen LogP contribution in [0.15, 0.2) is 87.6 Å². The normalized spacial score (nSPS) is 15.5. The first-order chi connectivity index (χ1) is 23.4. The summed E-state index contributed by atoms with van der Waals surface area (Å²) in [6.45, 7) is 18.4. The molecule has 50 heavy (non-hydrogen) atoms. The zero-order valence-electron chi connectivity index (χ0n) is 30.3. The van der Waals surface area contributed by atoms with Crippen molar-refractivity contribution < 1.29 is 10.0 Å². The largest absolute Gasteiger partial charge is 0.442 e. The van der Waals surface area contributed by atoms with Gasteiger partial charge in [-0.3, -0.25) is 0 Å². The maximum Gasteiger partial charge on any atom is 0.367 e. The van der Waals surface area contributed by atoms with E-state index in [0.717, 1.165) is 80.0 Å². The predicted molar refractivity (Wildman–Crippen MR) is 224 cm³/mol. The topological polar surface area (TPSA) is 40.5 Å². The first kappa shape index (κ1) is 34.0. The second kappa shape index (κ2) is 11.2. The summed E-state index contributed by atoms with van der Waals surface area (Å²) in [6.07, 6.45) is 0. The first-order valence-corrected chi connectivity index (χ1v) is 19.2. The Balaban J connectivity index is 1.52. The molecule has 0 aromatic heterocycles. The number of hydrogen-bond acceptors (Lipinski definition) is 2. The minimum absolute atomic E-state index is 0.0260. The van der Waals surface area contributed by atoms with E-state index in [2.05, 4.69) is 173 Å². The van der Waals surface area contributed by atoms with E-state index < -0.39 is 13.8 Å². The minimum Gasteiger partial charge on any atom is -0.442 e. The van der Waals surface area contributed by atoms with Crippen LogP contribution in [0, 0.1) is 0 Å². The van der Waals surface area contributed by atoms with Gasteiger partial charge in [0.05, 0.1) is 0 Å². The molecule has 0 radical (unpaired) electrons. The summed E-state index contributed by atoms with van der Waals surface area (Å²) >= 11 is 7.89. The van der Waals surface area contributed by atoms with E-state index in [1.165, 1.54) is 22.1 Å². The van der Waals surface area contributed by atoms with Crippen molar-refractivity contribution in [3.8, 4) is 0 Å². The average molecular weight is 784 g/mol. The lowest BCUT2D eigenvalue weighted by atomic mass is 9.51. The molecule has 250 valence electrons. The molecular weight excluding hydrogens is 742 g/mol. The molecule has 2 N–H and O–H groups in total. The van der Waals surface area contributed by atoms with E-state index in [1.54, 1.807) is 0 Å². The first-order valence-electron chi connectivity index (χ1n) is 17.6. The fraction of sp³-hybridized carbons (Fsp3) is 0.273. The summed E-state index contributed by atoms with van der Waals surface area (Å²) in [4.78, 5) is 0. The maximum atomic E-state index is 12.2. The van der Waals surface area contributed by atoms with Crippen LogP contribution in [0.5, 0.6) is 0 Å². The molecule has 8 rings (SSSR count). The molecule has 0 saturated heterocycles. The lowest BCUT2D eigenvalue weighted by Gasteiger charge is -2.32. The molecule has 0 fully saturated rings. The van der Waals surface area contributed by atoms with Gasteiger partial charge >= 0.3 is 13.8 Å². The van der Waals surface area contributed by atoms with Crippen LogP contribution in [-0.4, -0.2) is 23.9 Å². The van der Waals surface area contributed by atoms with Gasteiger partial charge in [-0.2, -0.15) is 0 Å². The average Bonchev–Trinajstić information content (AvgIpc) is 3.04. The molecule has 2 aliphatic rings. The summed E-state index contributed by atoms with van der Waals surface area (Å²) in [5.74, 6) is 0. The highest BCUT2D eigenvalue weighted by Crippen LogP contribution is 2.49. The molecule has 2 nitrogen and oxygen atoms in total. The highest BCUT2D eigenvalue weighted by molar-refractivity contribution is 9.12. The summed E-state index contributed by atoms with van der Waals surface area (Å²) < 4.78 is 1.54. The maximum absolute atomic E-state index is 12.2. The van der Waals surface area contributed by atoms with Gasteiger partial charge < -0.3 is 10.0 Å². The van der Waals surface area contributed by atoms with Gasteiger partial charge in [-0.05, 0) is 116 Å². The van der Waals surface area contributed by atoms with Crippen molar-refractivity contribution in [2.45, 2.75) is 78.6 Å². The number of hydrogen-bond donors (Lipinski definition) is 2. The zero-order chi connectivity index (χ0) is 35.8. The lowest BCUT2D eigenvalue weighted by Crippen LogP contribution is -2.38. The monoisotopic (exact) mass is 782 g/mol. The molecular formula is C44H42B2Br2O2. The Kier molecular flexibility index (Phi) is 7.59. The quantitative estimate of drug-likeness (QED) is 0.136. The lowest BCUT2D eigenvalue weighted by molar-refractivity contribution is 0.590. The Labute approximate surface area is 313 Å². The highest BCUT2D eigenvalue weighted by Gasteiger charge is 2.39. The van der Waals surface area contributed by atoms with Crippen LogP contribution in [0.1, 0.15) is 101 Å². The third-order valence-corrected chi connectivity index (χ3v) is 12.7. The molecule has 6 aromatic rings. The number of benzene rings is 6. The van der Waals surface area contributed by atoms with Crippen LogP contribution < -0.4 is 10.9 Å². The number of halogens is 2. The molecule has 6 aromatic carbocycles. The van der Waals surface area contributed by atoms with Crippen LogP contribution in [0.25, 0.3) is 43.5 Å². The Hall–Kier alpha value is -3.15. The molecule has 6 heteroatoms. The van der Waals surface area contributed by atoms with Crippen LogP contribution in [0.3, 0.4) is 0 Å². The van der Waals surface area contributed by atoms with Crippen molar-refractivity contribution in [1.29, 1.82) is 0 Å². The van der Waals surface area contributed by atoms with E-state index in [1.807, 2.05) is 0 Å². The van der Waals surface area contributed by atoms with Crippen LogP contribution in [-0.2, 0) is 16.2 Å². The second-order valence-electron chi connectivity index (χ2n) is 17.5. The fourth-order valence-corrected chi connectivity index (χ4v) is 9.52. The van der Waals surface area contributed by atoms with Crippen LogP contribution in [0.2, 0.25) is 0 Å². The van der Waals surface area contributed by atoms with Gasteiger partial charge in [0.2, 0.25) is 0 Å². The van der Waals surface area contributed by atoms with Crippen molar-refractivity contribution in [2.75, 3.05) is 0 Å². The molecule has 0 bridgehead atoms. The van der Waals surface area contributed by atoms with Gasteiger partial charge in [-0.15, -0.1) is 0 Å². The SMILES string of the molecule is CC(C)(C)c1ccc(C2=C(Br)B(O)c3cc4cc(C(C)(C)C)cc5cc6c7c(cc2c3c7c45)C(c2ccc(C(C)(C)C)cc2)=C(Br)B6O)cc1. The molecule has 0 atom stereocenters. The summed E-state index contributed by atoms with van der Waals surface area (Å²) in [7, 11) is 0. The second-order valence-corrected chi connectivity index (χ2v) is 19.2. The van der Waals surface area contributed by atoms with E-state index in [0.29, 0.717) is 0 Å². The van der Waals surface area contributed by atoms with Gasteiger partial charge in [-0.1, -0.05) is 167 Å². The fourth-order valence-electron chi connectivity index (χ4n) is 8.14. The zero-order valence-corrected chi connectivity index (χ0v) is 33.5.